The van der Waals surface area contributed by atoms with Gasteiger partial charge in [-0.05, 0) is 24.3 Å². The van der Waals surface area contributed by atoms with Crippen molar-refractivity contribution in [3.05, 3.63) is 80.3 Å². The highest BCUT2D eigenvalue weighted by atomic mass is 35.5. The number of rotatable bonds is 6. The Hall–Kier alpha value is -3.69. The molecular formula is C20H13Cl2N3O6. The fourth-order valence-electron chi connectivity index (χ4n) is 2.78. The second-order valence-corrected chi connectivity index (χ2v) is 6.98. The Morgan fingerprint density at radius 2 is 1.94 bits per heavy atom. The number of amides is 4. The molecule has 158 valence electrons. The van der Waals surface area contributed by atoms with Crippen LogP contribution in [0.25, 0.3) is 6.08 Å². The number of barbiturate groups is 1. The van der Waals surface area contributed by atoms with Gasteiger partial charge in [-0.1, -0.05) is 41.9 Å². The number of benzene rings is 2. The molecule has 1 fully saturated rings. The molecule has 0 spiro atoms. The molecule has 0 radical (unpaired) electrons. The molecule has 0 saturated carbocycles. The lowest BCUT2D eigenvalue weighted by molar-refractivity contribution is -0.384. The van der Waals surface area contributed by atoms with Gasteiger partial charge in [-0.15, -0.1) is 0 Å². The minimum atomic E-state index is -1.04. The van der Waals surface area contributed by atoms with E-state index in [1.807, 2.05) is 5.32 Å². The Balaban J connectivity index is 2.09. The molecular weight excluding hydrogens is 449 g/mol. The summed E-state index contributed by atoms with van der Waals surface area (Å²) in [5, 5.41) is 13.4. The number of nitrogens with one attached hydrogen (secondary N) is 1. The molecule has 0 aliphatic carbocycles. The van der Waals surface area contributed by atoms with Crippen LogP contribution in [-0.4, -0.2) is 29.4 Å². The normalized spacial score (nSPS) is 15.1. The molecule has 0 unspecified atom stereocenters. The van der Waals surface area contributed by atoms with E-state index < -0.39 is 28.3 Å². The molecule has 9 nitrogen and oxygen atoms in total. The lowest BCUT2D eigenvalue weighted by atomic mass is 10.1. The molecule has 0 bridgehead atoms. The molecule has 1 saturated heterocycles. The van der Waals surface area contributed by atoms with Crippen molar-refractivity contribution in [2.45, 2.75) is 0 Å². The summed E-state index contributed by atoms with van der Waals surface area (Å²) in [7, 11) is 0. The minimum Gasteiger partial charge on any atom is -0.487 e. The third kappa shape index (κ3) is 4.57. The van der Waals surface area contributed by atoms with Gasteiger partial charge in [0.15, 0.2) is 0 Å². The van der Waals surface area contributed by atoms with E-state index in [1.165, 1.54) is 42.5 Å². The van der Waals surface area contributed by atoms with Gasteiger partial charge in [-0.3, -0.25) is 25.0 Å². The van der Waals surface area contributed by atoms with E-state index in [0.29, 0.717) is 4.90 Å². The highest BCUT2D eigenvalue weighted by Gasteiger charge is 2.37. The number of non-ortho nitro benzene ring substituents is 1. The van der Waals surface area contributed by atoms with E-state index in [9.17, 15) is 24.5 Å². The fraction of sp³-hybridized carbons (Fsp3) is 0.0500. The van der Waals surface area contributed by atoms with Crippen molar-refractivity contribution in [1.29, 1.82) is 0 Å². The van der Waals surface area contributed by atoms with E-state index in [0.717, 1.165) is 6.07 Å². The summed E-state index contributed by atoms with van der Waals surface area (Å²) in [4.78, 5) is 48.7. The largest absolute Gasteiger partial charge is 0.487 e. The summed E-state index contributed by atoms with van der Waals surface area (Å²) in [6.07, 6.45) is 2.65. The summed E-state index contributed by atoms with van der Waals surface area (Å²) < 4.78 is 5.51. The molecule has 0 atom stereocenters. The first-order valence-corrected chi connectivity index (χ1v) is 9.37. The first-order valence-electron chi connectivity index (χ1n) is 8.61. The number of anilines is 1. The second-order valence-electron chi connectivity index (χ2n) is 6.14. The number of carbonyl (C=O) groups excluding carboxylic acids is 3. The average molecular weight is 462 g/mol. The maximum atomic E-state index is 13.0. The van der Waals surface area contributed by atoms with Crippen LogP contribution in [0, 0.1) is 10.1 Å². The van der Waals surface area contributed by atoms with Crippen LogP contribution in [0.4, 0.5) is 16.2 Å². The van der Waals surface area contributed by atoms with Crippen molar-refractivity contribution in [3.8, 4) is 5.75 Å². The zero-order valence-electron chi connectivity index (χ0n) is 15.6. The highest BCUT2D eigenvalue weighted by Crippen LogP contribution is 2.35. The van der Waals surface area contributed by atoms with Crippen molar-refractivity contribution in [3.63, 3.8) is 0 Å². The quantitative estimate of drug-likeness (QED) is 0.227. The van der Waals surface area contributed by atoms with E-state index in [-0.39, 0.29) is 39.3 Å². The first-order chi connectivity index (χ1) is 14.7. The third-order valence-corrected chi connectivity index (χ3v) is 4.58. The summed E-state index contributed by atoms with van der Waals surface area (Å²) in [6, 6.07) is 6.69. The minimum absolute atomic E-state index is 0.0812. The third-order valence-electron chi connectivity index (χ3n) is 4.08. The molecule has 1 aliphatic rings. The molecule has 31 heavy (non-hydrogen) atoms. The molecule has 4 amide bonds. The van der Waals surface area contributed by atoms with Crippen molar-refractivity contribution < 1.29 is 24.0 Å². The van der Waals surface area contributed by atoms with Gasteiger partial charge in [0.1, 0.15) is 17.9 Å². The van der Waals surface area contributed by atoms with Gasteiger partial charge in [-0.25, -0.2) is 9.69 Å². The van der Waals surface area contributed by atoms with E-state index in [4.69, 9.17) is 27.9 Å². The zero-order chi connectivity index (χ0) is 22.7. The number of imide groups is 2. The maximum Gasteiger partial charge on any atom is 0.335 e. The Labute approximate surface area is 185 Å². The Bertz CT molecular complexity index is 1160. The second kappa shape index (κ2) is 8.99. The summed E-state index contributed by atoms with van der Waals surface area (Å²) >= 11 is 12.2. The highest BCUT2D eigenvalue weighted by molar-refractivity contribution is 6.40. The first kappa shape index (κ1) is 22.0. The zero-order valence-corrected chi connectivity index (χ0v) is 17.1. The van der Waals surface area contributed by atoms with Gasteiger partial charge >= 0.3 is 6.03 Å². The van der Waals surface area contributed by atoms with Crippen LogP contribution in [0.5, 0.6) is 5.75 Å². The monoisotopic (exact) mass is 461 g/mol. The molecule has 11 heteroatoms. The fourth-order valence-corrected chi connectivity index (χ4v) is 3.34. The van der Waals surface area contributed by atoms with Crippen LogP contribution in [0.1, 0.15) is 5.56 Å². The predicted molar refractivity (Wildman–Crippen MR) is 114 cm³/mol. The average Bonchev–Trinajstić information content (AvgIpc) is 2.70. The van der Waals surface area contributed by atoms with Gasteiger partial charge in [0, 0.05) is 22.7 Å². The van der Waals surface area contributed by atoms with Crippen LogP contribution in [0.15, 0.2) is 54.6 Å². The van der Waals surface area contributed by atoms with Gasteiger partial charge in [0.25, 0.3) is 17.5 Å². The van der Waals surface area contributed by atoms with Crippen molar-refractivity contribution in [1.82, 2.24) is 5.32 Å². The van der Waals surface area contributed by atoms with Crippen molar-refractivity contribution in [2.24, 2.45) is 0 Å². The van der Waals surface area contributed by atoms with Gasteiger partial charge in [0.2, 0.25) is 0 Å². The van der Waals surface area contributed by atoms with Crippen LogP contribution in [-0.2, 0) is 9.59 Å². The SMILES string of the molecule is C=CCOc1c(Cl)cc(Cl)cc1/C=C1\C(=O)NC(=O)N(c2cccc([N+](=O)[O-])c2)C1=O. The van der Waals surface area contributed by atoms with E-state index >= 15 is 0 Å². The summed E-state index contributed by atoms with van der Waals surface area (Å²) in [5.41, 5.74) is -0.622. The van der Waals surface area contributed by atoms with Gasteiger partial charge < -0.3 is 4.74 Å². The maximum absolute atomic E-state index is 13.0. The number of nitrogens with zero attached hydrogens (tertiary/aromatic N) is 2. The van der Waals surface area contributed by atoms with Crippen molar-refractivity contribution >= 4 is 58.5 Å². The van der Waals surface area contributed by atoms with Gasteiger partial charge in [0.05, 0.1) is 15.6 Å². The van der Waals surface area contributed by atoms with Crippen LogP contribution >= 0.6 is 23.2 Å². The van der Waals surface area contributed by atoms with E-state index in [1.54, 1.807) is 0 Å². The molecule has 3 rings (SSSR count). The number of halogens is 2. The molecule has 1 N–H and O–H groups in total. The molecule has 0 aromatic heterocycles. The molecule has 1 aliphatic heterocycles. The number of carbonyl (C=O) groups is 3. The number of urea groups is 1. The topological polar surface area (TPSA) is 119 Å². The van der Waals surface area contributed by atoms with Crippen molar-refractivity contribution in [2.75, 3.05) is 11.5 Å². The number of nitro groups is 1. The standard InChI is InChI=1S/C20H13Cl2N3O6/c1-2-6-31-17-11(7-12(21)9-16(17)22)8-15-18(26)23-20(28)24(19(15)27)13-4-3-5-14(10-13)25(29)30/h2-5,7-10H,1,6H2,(H,23,26,28)/b15-8+. The number of hydrogen-bond donors (Lipinski definition) is 1. The Kier molecular flexibility index (Phi) is 6.38. The van der Waals surface area contributed by atoms with E-state index in [2.05, 4.69) is 6.58 Å². The van der Waals surface area contributed by atoms with Crippen LogP contribution in [0.2, 0.25) is 10.0 Å². The number of ether oxygens (including phenoxy) is 1. The summed E-state index contributed by atoms with van der Waals surface area (Å²) in [5.74, 6) is -1.79. The lowest BCUT2D eigenvalue weighted by Crippen LogP contribution is -2.54. The lowest BCUT2D eigenvalue weighted by Gasteiger charge is -2.26. The van der Waals surface area contributed by atoms with Gasteiger partial charge in [-0.2, -0.15) is 0 Å². The summed E-state index contributed by atoms with van der Waals surface area (Å²) in [6.45, 7) is 3.64. The molecule has 2 aromatic carbocycles. The molecule has 1 heterocycles. The Morgan fingerprint density at radius 1 is 1.19 bits per heavy atom. The van der Waals surface area contributed by atoms with Crippen LogP contribution < -0.4 is 15.0 Å². The Morgan fingerprint density at radius 3 is 2.61 bits per heavy atom. The molecule has 2 aromatic rings. The smallest absolute Gasteiger partial charge is 0.335 e. The predicted octanol–water partition coefficient (Wildman–Crippen LogP) is 4.13. The number of hydrogen-bond acceptors (Lipinski definition) is 6. The van der Waals surface area contributed by atoms with Crippen LogP contribution in [0.3, 0.4) is 0 Å². The number of nitro benzene ring substituents is 1.